The molecule has 2 aromatic rings. The average Bonchev–Trinajstić information content (AvgIpc) is 2.95. The van der Waals surface area contributed by atoms with E-state index < -0.39 is 36.5 Å². The van der Waals surface area contributed by atoms with Gasteiger partial charge in [-0.1, -0.05) is 12.1 Å². The summed E-state index contributed by atoms with van der Waals surface area (Å²) in [6, 6.07) is 2.86. The predicted molar refractivity (Wildman–Crippen MR) is 77.2 cm³/mol. The first kappa shape index (κ1) is 17.4. The molecular weight excluding hydrogens is 324 g/mol. The Morgan fingerprint density at radius 2 is 2.17 bits per heavy atom. The van der Waals surface area contributed by atoms with Crippen molar-refractivity contribution in [2.75, 3.05) is 6.67 Å². The number of aliphatic carboxylic acids is 1. The van der Waals surface area contributed by atoms with Crippen LogP contribution in [-0.2, 0) is 16.0 Å². The lowest BCUT2D eigenvalue weighted by Crippen LogP contribution is -2.46. The summed E-state index contributed by atoms with van der Waals surface area (Å²) in [5.41, 5.74) is 0.483. The minimum absolute atomic E-state index is 0.00803. The second kappa shape index (κ2) is 7.57. The van der Waals surface area contributed by atoms with Crippen molar-refractivity contribution in [3.63, 3.8) is 0 Å². The van der Waals surface area contributed by atoms with Crippen LogP contribution in [0.1, 0.15) is 17.4 Å². The van der Waals surface area contributed by atoms with E-state index in [-0.39, 0.29) is 6.42 Å². The molecule has 0 aliphatic rings. The first-order chi connectivity index (χ1) is 11.4. The number of aromatic nitrogens is 4. The van der Waals surface area contributed by atoms with E-state index in [1.54, 1.807) is 13.0 Å². The van der Waals surface area contributed by atoms with Crippen LogP contribution >= 0.6 is 0 Å². The fourth-order valence-electron chi connectivity index (χ4n) is 2.14. The molecule has 2 unspecified atom stereocenters. The lowest BCUT2D eigenvalue weighted by molar-refractivity contribution is -0.142. The van der Waals surface area contributed by atoms with Crippen LogP contribution in [0.2, 0.25) is 0 Å². The van der Waals surface area contributed by atoms with E-state index >= 15 is 0 Å². The normalized spacial score (nSPS) is 13.3. The van der Waals surface area contributed by atoms with Crippen LogP contribution in [0.5, 0.6) is 0 Å². The highest BCUT2D eigenvalue weighted by molar-refractivity contribution is 5.86. The zero-order valence-corrected chi connectivity index (χ0v) is 12.7. The number of hydrogen-bond donors (Lipinski definition) is 2. The van der Waals surface area contributed by atoms with E-state index in [4.69, 9.17) is 5.11 Å². The molecule has 10 heteroatoms. The Kier molecular flexibility index (Phi) is 5.51. The summed E-state index contributed by atoms with van der Waals surface area (Å²) in [4.78, 5) is 23.3. The number of alkyl halides is 1. The number of carboxylic acids is 1. The lowest BCUT2D eigenvalue weighted by Gasteiger charge is -2.19. The van der Waals surface area contributed by atoms with Crippen LogP contribution in [0, 0.1) is 12.7 Å². The number of carbonyl (C=O) groups is 2. The number of halogens is 2. The minimum Gasteiger partial charge on any atom is -0.480 e. The standard InChI is InChI=1S/C14H15F2N5O3/c1-8-18-19-20-21(8)12(6-9-3-2-4-10(16)5-9)13(22)17-11(7-15)14(23)24/h2-5,11-12H,6-7H2,1H3,(H,17,22)(H,23,24). The largest absolute Gasteiger partial charge is 0.480 e. The van der Waals surface area contributed by atoms with Crippen molar-refractivity contribution in [1.82, 2.24) is 25.5 Å². The van der Waals surface area contributed by atoms with Crippen molar-refractivity contribution in [3.8, 4) is 0 Å². The number of tetrazole rings is 1. The predicted octanol–water partition coefficient (Wildman–Crippen LogP) is 0.443. The molecule has 2 atom stereocenters. The van der Waals surface area contributed by atoms with Crippen LogP contribution < -0.4 is 5.32 Å². The Balaban J connectivity index is 2.28. The van der Waals surface area contributed by atoms with Crippen LogP contribution in [0.15, 0.2) is 24.3 Å². The van der Waals surface area contributed by atoms with Gasteiger partial charge in [0, 0.05) is 6.42 Å². The van der Waals surface area contributed by atoms with Crippen molar-refractivity contribution in [3.05, 3.63) is 41.5 Å². The molecule has 0 spiro atoms. The Hall–Kier alpha value is -2.91. The highest BCUT2D eigenvalue weighted by atomic mass is 19.1. The van der Waals surface area contributed by atoms with Crippen LogP contribution in [0.25, 0.3) is 0 Å². The molecule has 1 heterocycles. The third kappa shape index (κ3) is 4.09. The molecule has 0 bridgehead atoms. The average molecular weight is 339 g/mol. The van der Waals surface area contributed by atoms with Crippen LogP contribution in [0.3, 0.4) is 0 Å². The molecule has 0 fully saturated rings. The van der Waals surface area contributed by atoms with Gasteiger partial charge in [0.2, 0.25) is 5.91 Å². The van der Waals surface area contributed by atoms with E-state index in [1.807, 2.05) is 0 Å². The van der Waals surface area contributed by atoms with Crippen molar-refractivity contribution in [2.45, 2.75) is 25.4 Å². The molecule has 1 amide bonds. The molecule has 0 aliphatic carbocycles. The summed E-state index contributed by atoms with van der Waals surface area (Å²) in [5.74, 6) is -2.45. The number of aryl methyl sites for hydroxylation is 1. The third-order valence-corrected chi connectivity index (χ3v) is 3.34. The van der Waals surface area contributed by atoms with Gasteiger partial charge in [0.25, 0.3) is 0 Å². The molecule has 2 N–H and O–H groups in total. The highest BCUT2D eigenvalue weighted by Gasteiger charge is 2.28. The Labute approximate surface area is 135 Å². The van der Waals surface area contributed by atoms with Gasteiger partial charge < -0.3 is 10.4 Å². The van der Waals surface area contributed by atoms with Crippen molar-refractivity contribution in [1.29, 1.82) is 0 Å². The highest BCUT2D eigenvalue weighted by Crippen LogP contribution is 2.16. The maximum Gasteiger partial charge on any atom is 0.328 e. The molecule has 24 heavy (non-hydrogen) atoms. The number of rotatable bonds is 7. The number of hydrogen-bond acceptors (Lipinski definition) is 5. The number of benzene rings is 1. The second-order valence-electron chi connectivity index (χ2n) is 5.07. The SMILES string of the molecule is Cc1nnnn1C(Cc1cccc(F)c1)C(=O)NC(CF)C(=O)O. The number of nitrogens with zero attached hydrogens (tertiary/aromatic N) is 4. The summed E-state index contributed by atoms with van der Waals surface area (Å²) >= 11 is 0. The van der Waals surface area contributed by atoms with Gasteiger partial charge in [-0.25, -0.2) is 18.3 Å². The van der Waals surface area contributed by atoms with Crippen LogP contribution in [0.4, 0.5) is 8.78 Å². The van der Waals surface area contributed by atoms with Gasteiger partial charge >= 0.3 is 5.97 Å². The van der Waals surface area contributed by atoms with E-state index in [9.17, 15) is 18.4 Å². The molecule has 0 saturated heterocycles. The summed E-state index contributed by atoms with van der Waals surface area (Å²) in [5, 5.41) is 21.8. The van der Waals surface area contributed by atoms with E-state index in [1.165, 1.54) is 22.9 Å². The third-order valence-electron chi connectivity index (χ3n) is 3.34. The fourth-order valence-corrected chi connectivity index (χ4v) is 2.14. The van der Waals surface area contributed by atoms with Gasteiger partial charge in [-0.3, -0.25) is 4.79 Å². The topological polar surface area (TPSA) is 110 Å². The molecule has 1 aromatic carbocycles. The Morgan fingerprint density at radius 1 is 1.42 bits per heavy atom. The molecule has 2 rings (SSSR count). The maximum atomic E-state index is 13.3. The van der Waals surface area contributed by atoms with E-state index in [0.717, 1.165) is 0 Å². The molecule has 1 aromatic heterocycles. The van der Waals surface area contributed by atoms with Crippen molar-refractivity contribution in [2.24, 2.45) is 0 Å². The van der Waals surface area contributed by atoms with Crippen LogP contribution in [-0.4, -0.2) is 49.9 Å². The molecule has 128 valence electrons. The summed E-state index contributed by atoms with van der Waals surface area (Å²) in [7, 11) is 0. The lowest BCUT2D eigenvalue weighted by atomic mass is 10.0. The van der Waals surface area contributed by atoms with Gasteiger partial charge in [0.05, 0.1) is 0 Å². The smallest absolute Gasteiger partial charge is 0.328 e. The first-order valence-corrected chi connectivity index (χ1v) is 7.00. The Bertz CT molecular complexity index is 737. The molecule has 0 saturated carbocycles. The van der Waals surface area contributed by atoms with Gasteiger partial charge in [-0.2, -0.15) is 0 Å². The Morgan fingerprint density at radius 3 is 2.71 bits per heavy atom. The summed E-state index contributed by atoms with van der Waals surface area (Å²) < 4.78 is 27.3. The summed E-state index contributed by atoms with van der Waals surface area (Å²) in [6.45, 7) is 0.290. The first-order valence-electron chi connectivity index (χ1n) is 7.00. The zero-order valence-electron chi connectivity index (χ0n) is 12.7. The molecule has 8 nitrogen and oxygen atoms in total. The van der Waals surface area contributed by atoms with E-state index in [2.05, 4.69) is 20.8 Å². The van der Waals surface area contributed by atoms with E-state index in [0.29, 0.717) is 11.4 Å². The maximum absolute atomic E-state index is 13.3. The molecular formula is C14H15F2N5O3. The second-order valence-corrected chi connectivity index (χ2v) is 5.07. The summed E-state index contributed by atoms with van der Waals surface area (Å²) in [6.07, 6.45) is 0.00803. The minimum atomic E-state index is -1.68. The quantitative estimate of drug-likeness (QED) is 0.757. The van der Waals surface area contributed by atoms with Gasteiger partial charge in [0.1, 0.15) is 24.4 Å². The van der Waals surface area contributed by atoms with Gasteiger partial charge in [0.15, 0.2) is 6.04 Å². The fraction of sp³-hybridized carbons (Fsp3) is 0.357. The zero-order chi connectivity index (χ0) is 17.7. The van der Waals surface area contributed by atoms with Gasteiger partial charge in [-0.15, -0.1) is 5.10 Å². The van der Waals surface area contributed by atoms with Gasteiger partial charge in [-0.05, 0) is 35.0 Å². The number of carboxylic acid groups (broad SMARTS) is 1. The molecule has 0 radical (unpaired) electrons. The van der Waals surface area contributed by atoms with Crippen molar-refractivity contribution >= 4 is 11.9 Å². The number of carbonyl (C=O) groups excluding carboxylic acids is 1. The number of nitrogens with one attached hydrogen (secondary N) is 1. The van der Waals surface area contributed by atoms with Crippen molar-refractivity contribution < 1.29 is 23.5 Å². The number of amides is 1. The monoisotopic (exact) mass is 339 g/mol. The molecule has 0 aliphatic heterocycles.